The standard InChI is InChI=1S/C24H32Cl2N6O3S/c1-2-3-21-16-31(23-22(26)14-19(15-28-23)29-36(27,34)35)12-13-32(21)20-8-10-30(11-9-20)24(33)17-4-6-18(25)7-5-17/h4-7,14-15,20-21,29H,2-3,8-13,16H2,1H3,(H2,27,34,35)/t21-/m0/s1. The number of anilines is 2. The number of halogens is 2. The maximum Gasteiger partial charge on any atom is 0.296 e. The summed E-state index contributed by atoms with van der Waals surface area (Å²) in [4.78, 5) is 24.0. The summed E-state index contributed by atoms with van der Waals surface area (Å²) in [5.74, 6) is 0.696. The molecule has 1 aromatic heterocycles. The van der Waals surface area contributed by atoms with Gasteiger partial charge in [0.15, 0.2) is 0 Å². The number of likely N-dealkylation sites (tertiary alicyclic amines) is 1. The lowest BCUT2D eigenvalue weighted by Crippen LogP contribution is -2.59. The van der Waals surface area contributed by atoms with Crippen LogP contribution < -0.4 is 14.8 Å². The van der Waals surface area contributed by atoms with E-state index in [-0.39, 0.29) is 11.6 Å². The van der Waals surface area contributed by atoms with Crippen LogP contribution in [0.2, 0.25) is 10.0 Å². The van der Waals surface area contributed by atoms with Crippen LogP contribution in [-0.4, -0.2) is 73.9 Å². The Morgan fingerprint density at radius 1 is 1.14 bits per heavy atom. The van der Waals surface area contributed by atoms with E-state index < -0.39 is 10.2 Å². The first kappa shape index (κ1) is 26.9. The second-order valence-electron chi connectivity index (χ2n) is 9.33. The van der Waals surface area contributed by atoms with Crippen LogP contribution in [0.15, 0.2) is 36.5 Å². The van der Waals surface area contributed by atoms with Gasteiger partial charge in [0.25, 0.3) is 16.1 Å². The molecule has 0 bridgehead atoms. The zero-order valence-electron chi connectivity index (χ0n) is 20.2. The van der Waals surface area contributed by atoms with E-state index in [1.807, 2.05) is 4.90 Å². The van der Waals surface area contributed by atoms with E-state index in [1.54, 1.807) is 24.3 Å². The molecule has 2 aliphatic rings. The molecule has 3 heterocycles. The number of nitrogens with one attached hydrogen (secondary N) is 1. The summed E-state index contributed by atoms with van der Waals surface area (Å²) in [6.07, 6.45) is 5.41. The van der Waals surface area contributed by atoms with Gasteiger partial charge in [-0.15, -0.1) is 0 Å². The van der Waals surface area contributed by atoms with Crippen molar-refractivity contribution in [3.8, 4) is 0 Å². The molecule has 4 rings (SSSR count). The highest BCUT2D eigenvalue weighted by atomic mass is 35.5. The second kappa shape index (κ2) is 11.5. The Morgan fingerprint density at radius 2 is 1.83 bits per heavy atom. The smallest absolute Gasteiger partial charge is 0.296 e. The van der Waals surface area contributed by atoms with Crippen LogP contribution in [0.3, 0.4) is 0 Å². The molecule has 0 unspecified atom stereocenters. The van der Waals surface area contributed by atoms with Gasteiger partial charge in [-0.3, -0.25) is 14.4 Å². The van der Waals surface area contributed by atoms with Gasteiger partial charge in [-0.05, 0) is 49.6 Å². The third kappa shape index (κ3) is 6.60. The largest absolute Gasteiger partial charge is 0.353 e. The lowest BCUT2D eigenvalue weighted by atomic mass is 9.97. The molecular formula is C24H32Cl2N6O3S. The summed E-state index contributed by atoms with van der Waals surface area (Å²) in [7, 11) is -3.89. The van der Waals surface area contributed by atoms with Crippen LogP contribution in [0.4, 0.5) is 11.5 Å². The number of pyridine rings is 1. The first-order chi connectivity index (χ1) is 17.1. The number of carbonyl (C=O) groups is 1. The quantitative estimate of drug-likeness (QED) is 0.540. The van der Waals surface area contributed by atoms with Crippen molar-refractivity contribution in [1.82, 2.24) is 14.8 Å². The van der Waals surface area contributed by atoms with E-state index in [0.717, 1.165) is 58.4 Å². The van der Waals surface area contributed by atoms with Gasteiger partial charge < -0.3 is 9.80 Å². The van der Waals surface area contributed by atoms with E-state index in [9.17, 15) is 13.2 Å². The predicted molar refractivity (Wildman–Crippen MR) is 144 cm³/mol. The summed E-state index contributed by atoms with van der Waals surface area (Å²) < 4.78 is 24.8. The highest BCUT2D eigenvalue weighted by Gasteiger charge is 2.35. The number of nitrogens with two attached hydrogens (primary N) is 1. The number of nitrogens with zero attached hydrogens (tertiary/aromatic N) is 4. The van der Waals surface area contributed by atoms with Crippen LogP contribution in [0.1, 0.15) is 43.0 Å². The highest BCUT2D eigenvalue weighted by molar-refractivity contribution is 7.90. The molecule has 3 N–H and O–H groups in total. The number of hydrogen-bond donors (Lipinski definition) is 2. The molecular weight excluding hydrogens is 523 g/mol. The minimum absolute atomic E-state index is 0.0566. The minimum Gasteiger partial charge on any atom is -0.353 e. The third-order valence-electron chi connectivity index (χ3n) is 6.84. The second-order valence-corrected chi connectivity index (χ2v) is 11.5. The van der Waals surface area contributed by atoms with E-state index in [1.165, 1.54) is 12.3 Å². The fourth-order valence-corrected chi connectivity index (χ4v) is 6.04. The zero-order chi connectivity index (χ0) is 25.9. The van der Waals surface area contributed by atoms with Crippen LogP contribution in [0, 0.1) is 0 Å². The zero-order valence-corrected chi connectivity index (χ0v) is 22.6. The molecule has 196 valence electrons. The predicted octanol–water partition coefficient (Wildman–Crippen LogP) is 3.60. The van der Waals surface area contributed by atoms with Crippen molar-refractivity contribution in [3.05, 3.63) is 52.1 Å². The number of benzene rings is 1. The van der Waals surface area contributed by atoms with Crippen LogP contribution in [0.25, 0.3) is 0 Å². The molecule has 1 atom stereocenters. The molecule has 2 aliphatic heterocycles. The summed E-state index contributed by atoms with van der Waals surface area (Å²) in [5.41, 5.74) is 0.903. The van der Waals surface area contributed by atoms with Crippen molar-refractivity contribution in [1.29, 1.82) is 0 Å². The lowest BCUT2D eigenvalue weighted by molar-refractivity contribution is 0.0481. The normalized spacial score (nSPS) is 19.9. The SMILES string of the molecule is CCC[C@H]1CN(c2ncc(NS(N)(=O)=O)cc2Cl)CCN1C1CCN(C(=O)c2ccc(Cl)cc2)CC1. The van der Waals surface area contributed by atoms with Crippen molar-refractivity contribution >= 4 is 50.8 Å². The maximum atomic E-state index is 12.9. The van der Waals surface area contributed by atoms with E-state index in [2.05, 4.69) is 26.4 Å². The third-order valence-corrected chi connectivity index (χ3v) is 7.89. The molecule has 0 saturated carbocycles. The Morgan fingerprint density at radius 3 is 2.44 bits per heavy atom. The molecule has 1 amide bonds. The fourth-order valence-electron chi connectivity index (χ4n) is 5.19. The summed E-state index contributed by atoms with van der Waals surface area (Å²) in [6.45, 7) is 6.07. The lowest BCUT2D eigenvalue weighted by Gasteiger charge is -2.48. The van der Waals surface area contributed by atoms with Crippen LogP contribution in [-0.2, 0) is 10.2 Å². The van der Waals surface area contributed by atoms with Gasteiger partial charge in [-0.1, -0.05) is 36.5 Å². The molecule has 2 fully saturated rings. The topological polar surface area (TPSA) is 112 Å². The van der Waals surface area contributed by atoms with Crippen molar-refractivity contribution in [2.24, 2.45) is 5.14 Å². The van der Waals surface area contributed by atoms with Gasteiger partial charge in [0.05, 0.1) is 16.9 Å². The number of amides is 1. The molecule has 1 aromatic carbocycles. The molecule has 0 radical (unpaired) electrons. The molecule has 0 spiro atoms. The number of rotatable bonds is 7. The molecule has 0 aliphatic carbocycles. The van der Waals surface area contributed by atoms with Gasteiger partial charge in [-0.25, -0.2) is 10.1 Å². The number of hydrogen-bond acceptors (Lipinski definition) is 6. The highest BCUT2D eigenvalue weighted by Crippen LogP contribution is 2.31. The van der Waals surface area contributed by atoms with Crippen LogP contribution >= 0.6 is 23.2 Å². The Bertz CT molecular complexity index is 1170. The van der Waals surface area contributed by atoms with Crippen LogP contribution in [0.5, 0.6) is 0 Å². The fraction of sp³-hybridized carbons (Fsp3) is 0.500. The molecule has 36 heavy (non-hydrogen) atoms. The number of piperidine rings is 1. The van der Waals surface area contributed by atoms with Crippen molar-refractivity contribution < 1.29 is 13.2 Å². The van der Waals surface area contributed by atoms with Crippen molar-refractivity contribution in [2.75, 3.05) is 42.3 Å². The first-order valence-electron chi connectivity index (χ1n) is 12.2. The Kier molecular flexibility index (Phi) is 8.62. The molecule has 2 saturated heterocycles. The van der Waals surface area contributed by atoms with Gasteiger partial charge in [0, 0.05) is 55.4 Å². The molecule has 2 aromatic rings. The monoisotopic (exact) mass is 554 g/mol. The van der Waals surface area contributed by atoms with E-state index >= 15 is 0 Å². The van der Waals surface area contributed by atoms with Gasteiger partial charge in [0.2, 0.25) is 0 Å². The molecule has 12 heteroatoms. The minimum atomic E-state index is -3.89. The Labute approximate surface area is 222 Å². The van der Waals surface area contributed by atoms with Gasteiger partial charge >= 0.3 is 0 Å². The average molecular weight is 556 g/mol. The molecule has 9 nitrogen and oxygen atoms in total. The van der Waals surface area contributed by atoms with Crippen molar-refractivity contribution in [2.45, 2.75) is 44.7 Å². The summed E-state index contributed by atoms with van der Waals surface area (Å²) >= 11 is 12.4. The van der Waals surface area contributed by atoms with Gasteiger partial charge in [0.1, 0.15) is 5.82 Å². The average Bonchev–Trinajstić information content (AvgIpc) is 2.83. The maximum absolute atomic E-state index is 12.9. The van der Waals surface area contributed by atoms with Gasteiger partial charge in [-0.2, -0.15) is 8.42 Å². The van der Waals surface area contributed by atoms with E-state index in [4.69, 9.17) is 28.3 Å². The Balaban J connectivity index is 1.38. The summed E-state index contributed by atoms with van der Waals surface area (Å²) in [5, 5.41) is 6.04. The summed E-state index contributed by atoms with van der Waals surface area (Å²) in [6, 6.07) is 9.36. The number of piperazine rings is 1. The van der Waals surface area contributed by atoms with E-state index in [0.29, 0.717) is 33.5 Å². The van der Waals surface area contributed by atoms with Crippen molar-refractivity contribution in [3.63, 3.8) is 0 Å². The first-order valence-corrected chi connectivity index (χ1v) is 14.5. The number of aromatic nitrogens is 1. The Hall–Kier alpha value is -2.11. The number of carbonyl (C=O) groups excluding carboxylic acids is 1.